The monoisotopic (exact) mass is 454 g/mol. The average Bonchev–Trinajstić information content (AvgIpc) is 2.84. The molecule has 0 spiro atoms. The second-order valence-electron chi connectivity index (χ2n) is 7.83. The molecule has 2 fully saturated rings. The molecule has 2 aromatic carbocycles. The lowest BCUT2D eigenvalue weighted by Crippen LogP contribution is -2.31. The van der Waals surface area contributed by atoms with Crippen molar-refractivity contribution in [3.05, 3.63) is 59.7 Å². The van der Waals surface area contributed by atoms with Gasteiger partial charge in [-0.1, -0.05) is 48.5 Å². The number of rotatable bonds is 10. The van der Waals surface area contributed by atoms with Crippen molar-refractivity contribution in [2.24, 2.45) is 0 Å². The van der Waals surface area contributed by atoms with Gasteiger partial charge in [0.15, 0.2) is 12.6 Å². The minimum Gasteiger partial charge on any atom is -0.450 e. The van der Waals surface area contributed by atoms with Crippen molar-refractivity contribution in [2.45, 2.75) is 64.3 Å². The Labute approximate surface area is 190 Å². The van der Waals surface area contributed by atoms with Crippen LogP contribution in [0, 0.1) is 0 Å². The van der Waals surface area contributed by atoms with E-state index in [9.17, 15) is 0 Å². The van der Waals surface area contributed by atoms with E-state index < -0.39 is 0 Å². The summed E-state index contributed by atoms with van der Waals surface area (Å²) in [7, 11) is 0.554. The molecule has 2 unspecified atom stereocenters. The molecule has 2 aliphatic rings. The van der Waals surface area contributed by atoms with E-state index in [0.29, 0.717) is 13.2 Å². The molecule has 0 N–H and O–H groups in total. The first-order chi connectivity index (χ1) is 15.4. The van der Waals surface area contributed by atoms with Crippen LogP contribution in [0.4, 0.5) is 0 Å². The summed E-state index contributed by atoms with van der Waals surface area (Å²) in [5.41, 5.74) is 2.34. The minimum absolute atomic E-state index is 0.0760. The molecule has 2 heterocycles. The fraction of sp³-hybridized carbons (Fsp3) is 0.500. The maximum atomic E-state index is 6.15. The molecular weight excluding hydrogens is 424 g/mol. The van der Waals surface area contributed by atoms with Crippen molar-refractivity contribution < 1.29 is 23.1 Å². The summed E-state index contributed by atoms with van der Waals surface area (Å²) in [4.78, 5) is 0. The molecule has 31 heavy (non-hydrogen) atoms. The van der Waals surface area contributed by atoms with Gasteiger partial charge in [-0.15, -0.1) is 0 Å². The quantitative estimate of drug-likeness (QED) is 0.517. The zero-order valence-corrected chi connectivity index (χ0v) is 19.9. The van der Waals surface area contributed by atoms with Crippen molar-refractivity contribution in [1.82, 2.24) is 0 Å². The molecule has 0 bridgehead atoms. The van der Waals surface area contributed by atoms with Gasteiger partial charge in [0, 0.05) is 13.2 Å². The van der Waals surface area contributed by atoms with Gasteiger partial charge < -0.3 is 23.1 Å². The van der Waals surface area contributed by atoms with Crippen LogP contribution in [0.5, 0.6) is 0 Å². The normalized spacial score (nSPS) is 21.8. The van der Waals surface area contributed by atoms with Gasteiger partial charge in [0.1, 0.15) is 0 Å². The third-order valence-electron chi connectivity index (χ3n) is 5.48. The molecule has 2 saturated heterocycles. The second-order valence-corrected chi connectivity index (χ2v) is 10.1. The van der Waals surface area contributed by atoms with Gasteiger partial charge in [0.05, 0.1) is 13.2 Å². The predicted molar refractivity (Wildman–Crippen MR) is 122 cm³/mol. The summed E-state index contributed by atoms with van der Waals surface area (Å²) in [5.74, 6) is 0. The summed E-state index contributed by atoms with van der Waals surface area (Å²) >= 11 is 0. The van der Waals surface area contributed by atoms with Crippen LogP contribution < -0.4 is 10.4 Å². The largest absolute Gasteiger partial charge is 0.450 e. The lowest BCUT2D eigenvalue weighted by atomic mass is 10.2. The number of ether oxygens (including phenoxy) is 4. The van der Waals surface area contributed by atoms with E-state index in [-0.39, 0.29) is 32.1 Å². The molecule has 0 aromatic heterocycles. The highest BCUT2D eigenvalue weighted by Crippen LogP contribution is 2.16. The first-order valence-corrected chi connectivity index (χ1v) is 13.0. The lowest BCUT2D eigenvalue weighted by Gasteiger charge is -2.23. The second kappa shape index (κ2) is 12.6. The molecule has 164 valence electrons. The van der Waals surface area contributed by atoms with E-state index in [1.165, 1.54) is 34.3 Å². The van der Waals surface area contributed by atoms with Gasteiger partial charge in [-0.2, -0.15) is 0 Å². The van der Waals surface area contributed by atoms with Crippen molar-refractivity contribution in [2.75, 3.05) is 13.2 Å². The highest BCUT2D eigenvalue weighted by Gasteiger charge is 2.17. The molecule has 7 heteroatoms. The van der Waals surface area contributed by atoms with Crippen molar-refractivity contribution in [1.29, 1.82) is 0 Å². The third-order valence-corrected chi connectivity index (χ3v) is 7.71. The Balaban J connectivity index is 1.27. The molecular formula is C24H30O5Si2. The molecule has 4 rings (SSSR count). The Hall–Kier alpha value is -1.33. The molecule has 4 radical (unpaired) electrons. The molecule has 0 amide bonds. The summed E-state index contributed by atoms with van der Waals surface area (Å²) in [6.07, 6.45) is 6.42. The molecule has 2 atom stereocenters. The van der Waals surface area contributed by atoms with Crippen molar-refractivity contribution >= 4 is 29.9 Å². The van der Waals surface area contributed by atoms with Gasteiger partial charge in [0.2, 0.25) is 0 Å². The highest BCUT2D eigenvalue weighted by molar-refractivity contribution is 6.60. The Morgan fingerprint density at radius 3 is 1.61 bits per heavy atom. The van der Waals surface area contributed by atoms with Crippen LogP contribution >= 0.6 is 0 Å². The van der Waals surface area contributed by atoms with Crippen molar-refractivity contribution in [3.63, 3.8) is 0 Å². The van der Waals surface area contributed by atoms with Crippen LogP contribution in [0.3, 0.4) is 0 Å². The predicted octanol–water partition coefficient (Wildman–Crippen LogP) is 2.98. The van der Waals surface area contributed by atoms with Crippen molar-refractivity contribution in [3.8, 4) is 0 Å². The fourth-order valence-electron chi connectivity index (χ4n) is 3.68. The smallest absolute Gasteiger partial charge is 0.257 e. The standard InChI is InChI=1S/C24H30O5Si2/c1-3-11-21(19(9-1)17-27-23-13-5-7-15-25-23)30-29-31-22-12-4-2-10-20(22)18-28-24-14-6-8-16-26-24/h1-4,9-12,23-24H,5-8,13-18H2. The van der Waals surface area contributed by atoms with Gasteiger partial charge in [-0.3, -0.25) is 0 Å². The van der Waals surface area contributed by atoms with E-state index in [2.05, 4.69) is 48.5 Å². The maximum absolute atomic E-state index is 6.15. The van der Waals surface area contributed by atoms with Crippen LogP contribution in [0.2, 0.25) is 0 Å². The Morgan fingerprint density at radius 2 is 1.16 bits per heavy atom. The SMILES string of the molecule is c1ccc([Si]O[Si]c2ccccc2COC2CCCCO2)c(COC2CCCCO2)c1. The van der Waals surface area contributed by atoms with E-state index in [0.717, 1.165) is 38.9 Å². The first kappa shape index (κ1) is 22.9. The van der Waals surface area contributed by atoms with E-state index in [1.807, 2.05) is 0 Å². The average molecular weight is 455 g/mol. The molecule has 5 nitrogen and oxygen atoms in total. The number of benzene rings is 2. The Bertz CT molecular complexity index is 726. The van der Waals surface area contributed by atoms with E-state index in [4.69, 9.17) is 23.1 Å². The van der Waals surface area contributed by atoms with Crippen LogP contribution in [0.1, 0.15) is 49.7 Å². The zero-order chi connectivity index (χ0) is 21.1. The van der Waals surface area contributed by atoms with Gasteiger partial charge in [-0.25, -0.2) is 0 Å². The lowest BCUT2D eigenvalue weighted by molar-refractivity contribution is -0.169. The Kier molecular flexibility index (Phi) is 9.32. The summed E-state index contributed by atoms with van der Waals surface area (Å²) in [5, 5.41) is 2.38. The molecule has 0 aliphatic carbocycles. The van der Waals surface area contributed by atoms with Crippen LogP contribution in [0.25, 0.3) is 0 Å². The van der Waals surface area contributed by atoms with Crippen LogP contribution in [-0.2, 0) is 36.3 Å². The number of hydrogen-bond acceptors (Lipinski definition) is 5. The summed E-state index contributed by atoms with van der Waals surface area (Å²) in [6.45, 7) is 2.72. The van der Waals surface area contributed by atoms with Gasteiger partial charge in [0.25, 0.3) is 19.5 Å². The summed E-state index contributed by atoms with van der Waals surface area (Å²) < 4.78 is 29.5. The fourth-order valence-corrected chi connectivity index (χ4v) is 5.66. The minimum atomic E-state index is -0.0760. The highest BCUT2D eigenvalue weighted by atomic mass is 28.3. The van der Waals surface area contributed by atoms with E-state index >= 15 is 0 Å². The van der Waals surface area contributed by atoms with E-state index in [1.54, 1.807) is 0 Å². The van der Waals surface area contributed by atoms with Crippen LogP contribution in [-0.4, -0.2) is 45.3 Å². The molecule has 2 aromatic rings. The number of hydrogen-bond donors (Lipinski definition) is 0. The van der Waals surface area contributed by atoms with Crippen LogP contribution in [0.15, 0.2) is 48.5 Å². The maximum Gasteiger partial charge on any atom is 0.257 e. The molecule has 2 aliphatic heterocycles. The summed E-state index contributed by atoms with van der Waals surface area (Å²) in [6, 6.07) is 16.7. The zero-order valence-electron chi connectivity index (χ0n) is 17.9. The Morgan fingerprint density at radius 1 is 0.677 bits per heavy atom. The van der Waals surface area contributed by atoms with Gasteiger partial charge >= 0.3 is 0 Å². The topological polar surface area (TPSA) is 46.2 Å². The van der Waals surface area contributed by atoms with Gasteiger partial charge in [-0.05, 0) is 60.0 Å². The first-order valence-electron chi connectivity index (χ1n) is 11.2. The molecule has 0 saturated carbocycles. The third kappa shape index (κ3) is 7.35.